The van der Waals surface area contributed by atoms with Crippen LogP contribution in [0.2, 0.25) is 0 Å². The lowest BCUT2D eigenvalue weighted by molar-refractivity contribution is 0.385. The van der Waals surface area contributed by atoms with Crippen molar-refractivity contribution in [3.8, 4) is 17.2 Å². The third-order valence-electron chi connectivity index (χ3n) is 3.61. The topological polar surface area (TPSA) is 73.9 Å². The molecule has 0 aliphatic heterocycles. The SMILES string of the molecule is COc1ccc(C(C)NS(=O)(=O)c2ccc(OC)cc2OC)cc1. The zero-order valence-corrected chi connectivity index (χ0v) is 14.9. The summed E-state index contributed by atoms with van der Waals surface area (Å²) in [6.07, 6.45) is 0. The van der Waals surface area contributed by atoms with Crippen LogP contribution in [0, 0.1) is 0 Å². The van der Waals surface area contributed by atoms with Gasteiger partial charge in [0.25, 0.3) is 0 Å². The van der Waals surface area contributed by atoms with E-state index in [0.29, 0.717) is 11.5 Å². The Balaban J connectivity index is 2.26. The Hall–Kier alpha value is -2.25. The summed E-state index contributed by atoms with van der Waals surface area (Å²) in [7, 11) is 0.752. The molecule has 1 N–H and O–H groups in total. The highest BCUT2D eigenvalue weighted by Crippen LogP contribution is 2.29. The molecule has 0 saturated carbocycles. The highest BCUT2D eigenvalue weighted by molar-refractivity contribution is 7.89. The van der Waals surface area contributed by atoms with Crippen LogP contribution in [0.4, 0.5) is 0 Å². The fraction of sp³-hybridized carbons (Fsp3) is 0.294. The zero-order chi connectivity index (χ0) is 17.7. The van der Waals surface area contributed by atoms with Crippen LogP contribution in [-0.4, -0.2) is 29.7 Å². The molecule has 0 heterocycles. The van der Waals surface area contributed by atoms with Crippen LogP contribution >= 0.6 is 0 Å². The van der Waals surface area contributed by atoms with Crippen LogP contribution in [0.3, 0.4) is 0 Å². The summed E-state index contributed by atoms with van der Waals surface area (Å²) in [5.74, 6) is 1.46. The lowest BCUT2D eigenvalue weighted by Crippen LogP contribution is -2.27. The van der Waals surface area contributed by atoms with Gasteiger partial charge in [0.1, 0.15) is 22.1 Å². The summed E-state index contributed by atoms with van der Waals surface area (Å²) in [6, 6.07) is 11.4. The Morgan fingerprint density at radius 1 is 0.875 bits per heavy atom. The minimum Gasteiger partial charge on any atom is -0.497 e. The molecule has 0 spiro atoms. The molecule has 0 aliphatic rings. The van der Waals surface area contributed by atoms with Gasteiger partial charge in [0.2, 0.25) is 10.0 Å². The van der Waals surface area contributed by atoms with E-state index in [1.54, 1.807) is 32.2 Å². The molecular formula is C17H21NO5S. The summed E-state index contributed by atoms with van der Waals surface area (Å²) in [6.45, 7) is 1.77. The molecule has 0 aliphatic carbocycles. The minimum absolute atomic E-state index is 0.0613. The average molecular weight is 351 g/mol. The summed E-state index contributed by atoms with van der Waals surface area (Å²) in [4.78, 5) is 0.0613. The molecule has 1 atom stereocenters. The largest absolute Gasteiger partial charge is 0.497 e. The fourth-order valence-corrected chi connectivity index (χ4v) is 3.64. The van der Waals surface area contributed by atoms with Gasteiger partial charge in [-0.3, -0.25) is 0 Å². The van der Waals surface area contributed by atoms with Crippen LogP contribution < -0.4 is 18.9 Å². The van der Waals surface area contributed by atoms with Crippen molar-refractivity contribution < 1.29 is 22.6 Å². The second-order valence-electron chi connectivity index (χ2n) is 5.13. The molecular weight excluding hydrogens is 330 g/mol. The summed E-state index contributed by atoms with van der Waals surface area (Å²) >= 11 is 0. The molecule has 7 heteroatoms. The number of nitrogens with one attached hydrogen (secondary N) is 1. The van der Waals surface area contributed by atoms with Gasteiger partial charge in [-0.25, -0.2) is 13.1 Å². The van der Waals surface area contributed by atoms with E-state index in [-0.39, 0.29) is 10.6 Å². The molecule has 0 saturated heterocycles. The van der Waals surface area contributed by atoms with Gasteiger partial charge in [0, 0.05) is 12.1 Å². The molecule has 0 aromatic heterocycles. The number of ether oxygens (including phenoxy) is 3. The van der Waals surface area contributed by atoms with Gasteiger partial charge in [-0.2, -0.15) is 0 Å². The monoisotopic (exact) mass is 351 g/mol. The lowest BCUT2D eigenvalue weighted by atomic mass is 10.1. The first kappa shape index (κ1) is 18.1. The molecule has 1 unspecified atom stereocenters. The van der Waals surface area contributed by atoms with Gasteiger partial charge in [-0.15, -0.1) is 0 Å². The lowest BCUT2D eigenvalue weighted by Gasteiger charge is -2.17. The Labute approximate surface area is 142 Å². The Morgan fingerprint density at radius 3 is 2.00 bits per heavy atom. The summed E-state index contributed by atoms with van der Waals surface area (Å²) in [5, 5.41) is 0. The molecule has 24 heavy (non-hydrogen) atoms. The first-order chi connectivity index (χ1) is 11.4. The first-order valence-corrected chi connectivity index (χ1v) is 8.78. The van der Waals surface area contributed by atoms with E-state index in [0.717, 1.165) is 5.56 Å². The van der Waals surface area contributed by atoms with E-state index in [1.807, 2.05) is 12.1 Å². The molecule has 0 amide bonds. The maximum absolute atomic E-state index is 12.7. The molecule has 130 valence electrons. The van der Waals surface area contributed by atoms with Crippen molar-refractivity contribution in [2.45, 2.75) is 17.9 Å². The smallest absolute Gasteiger partial charge is 0.244 e. The predicted molar refractivity (Wildman–Crippen MR) is 91.3 cm³/mol. The Bertz CT molecular complexity index is 787. The highest BCUT2D eigenvalue weighted by atomic mass is 32.2. The molecule has 0 radical (unpaired) electrons. The van der Waals surface area contributed by atoms with E-state index < -0.39 is 16.1 Å². The van der Waals surface area contributed by atoms with Crippen molar-refractivity contribution >= 4 is 10.0 Å². The normalized spacial score (nSPS) is 12.5. The van der Waals surface area contributed by atoms with Crippen molar-refractivity contribution in [2.75, 3.05) is 21.3 Å². The van der Waals surface area contributed by atoms with E-state index in [1.165, 1.54) is 26.4 Å². The molecule has 0 bridgehead atoms. The third-order valence-corrected chi connectivity index (χ3v) is 5.19. The molecule has 2 aromatic rings. The van der Waals surface area contributed by atoms with Gasteiger partial charge in [0.05, 0.1) is 21.3 Å². The number of sulfonamides is 1. The first-order valence-electron chi connectivity index (χ1n) is 7.29. The highest BCUT2D eigenvalue weighted by Gasteiger charge is 2.23. The maximum Gasteiger partial charge on any atom is 0.244 e. The Kier molecular flexibility index (Phi) is 5.69. The number of methoxy groups -OCH3 is 3. The summed E-state index contributed by atoms with van der Waals surface area (Å²) < 4.78 is 43.3. The molecule has 0 fully saturated rings. The van der Waals surface area contributed by atoms with Crippen molar-refractivity contribution in [1.82, 2.24) is 4.72 Å². The van der Waals surface area contributed by atoms with Gasteiger partial charge in [-0.1, -0.05) is 12.1 Å². The molecule has 2 aromatic carbocycles. The van der Waals surface area contributed by atoms with Gasteiger partial charge < -0.3 is 14.2 Å². The summed E-state index contributed by atoms with van der Waals surface area (Å²) in [5.41, 5.74) is 0.826. The van der Waals surface area contributed by atoms with Crippen molar-refractivity contribution in [1.29, 1.82) is 0 Å². The van der Waals surface area contributed by atoms with Crippen molar-refractivity contribution in [3.63, 3.8) is 0 Å². The predicted octanol–water partition coefficient (Wildman–Crippen LogP) is 2.75. The van der Waals surface area contributed by atoms with Crippen LogP contribution in [0.25, 0.3) is 0 Å². The second kappa shape index (κ2) is 7.55. The third kappa shape index (κ3) is 3.98. The van der Waals surface area contributed by atoms with Crippen LogP contribution in [0.5, 0.6) is 17.2 Å². The van der Waals surface area contributed by atoms with E-state index >= 15 is 0 Å². The van der Waals surface area contributed by atoms with Crippen LogP contribution in [-0.2, 0) is 10.0 Å². The molecule has 6 nitrogen and oxygen atoms in total. The second-order valence-corrected chi connectivity index (χ2v) is 6.82. The number of hydrogen-bond acceptors (Lipinski definition) is 5. The van der Waals surface area contributed by atoms with Crippen LogP contribution in [0.1, 0.15) is 18.5 Å². The van der Waals surface area contributed by atoms with Crippen LogP contribution in [0.15, 0.2) is 47.4 Å². The standard InChI is InChI=1S/C17H21NO5S/c1-12(13-5-7-14(21-2)8-6-13)18-24(19,20)17-10-9-15(22-3)11-16(17)23-4/h5-12,18H,1-4H3. The van der Waals surface area contributed by atoms with Gasteiger partial charge in [-0.05, 0) is 36.8 Å². The fourth-order valence-electron chi connectivity index (χ4n) is 2.25. The number of benzene rings is 2. The number of hydrogen-bond donors (Lipinski definition) is 1. The van der Waals surface area contributed by atoms with Gasteiger partial charge >= 0.3 is 0 Å². The average Bonchev–Trinajstić information content (AvgIpc) is 2.60. The molecule has 2 rings (SSSR count). The quantitative estimate of drug-likeness (QED) is 0.830. The van der Waals surface area contributed by atoms with E-state index in [2.05, 4.69) is 4.72 Å². The van der Waals surface area contributed by atoms with Crippen molar-refractivity contribution in [3.05, 3.63) is 48.0 Å². The van der Waals surface area contributed by atoms with E-state index in [4.69, 9.17) is 14.2 Å². The van der Waals surface area contributed by atoms with Gasteiger partial charge in [0.15, 0.2) is 0 Å². The van der Waals surface area contributed by atoms with Crippen molar-refractivity contribution in [2.24, 2.45) is 0 Å². The van der Waals surface area contributed by atoms with E-state index in [9.17, 15) is 8.42 Å². The minimum atomic E-state index is -3.75. The Morgan fingerprint density at radius 2 is 1.46 bits per heavy atom. The zero-order valence-electron chi connectivity index (χ0n) is 14.1. The maximum atomic E-state index is 12.7. The number of rotatable bonds is 7.